The van der Waals surface area contributed by atoms with E-state index in [2.05, 4.69) is 28.8 Å². The van der Waals surface area contributed by atoms with Crippen LogP contribution < -0.4 is 10.6 Å². The fraction of sp³-hybridized carbons (Fsp3) is 0.400. The summed E-state index contributed by atoms with van der Waals surface area (Å²) in [5.41, 5.74) is 5.92. The van der Waals surface area contributed by atoms with Crippen molar-refractivity contribution in [3.05, 3.63) is 64.7 Å². The van der Waals surface area contributed by atoms with Crippen molar-refractivity contribution in [2.24, 2.45) is 5.92 Å². The monoisotopic (exact) mass is 404 g/mol. The second kappa shape index (κ2) is 8.62. The molecule has 2 N–H and O–H groups in total. The van der Waals surface area contributed by atoms with Gasteiger partial charge in [0.1, 0.15) is 12.4 Å². The fourth-order valence-electron chi connectivity index (χ4n) is 4.62. The average Bonchev–Trinajstić information content (AvgIpc) is 3.33. The first-order chi connectivity index (χ1) is 14.8. The highest BCUT2D eigenvalue weighted by Crippen LogP contribution is 2.41. The SMILES string of the molecule is O=C1Nc2ccccc2/C1=C1\OCc2cc(CCNCCC3CCOCC3)ccc21. The number of fused-ring (bicyclic) bond motifs is 2. The molecule has 0 radical (unpaired) electrons. The second-order valence-corrected chi connectivity index (χ2v) is 8.33. The molecule has 1 amide bonds. The predicted octanol–water partition coefficient (Wildman–Crippen LogP) is 3.99. The first-order valence-corrected chi connectivity index (χ1v) is 11.0. The van der Waals surface area contributed by atoms with E-state index in [4.69, 9.17) is 9.47 Å². The highest BCUT2D eigenvalue weighted by molar-refractivity contribution is 6.36. The Morgan fingerprint density at radius 3 is 2.80 bits per heavy atom. The molecule has 0 atom stereocenters. The molecule has 3 aliphatic rings. The molecule has 5 heteroatoms. The normalized spacial score (nSPS) is 20.6. The van der Waals surface area contributed by atoms with Crippen molar-refractivity contribution in [2.45, 2.75) is 32.3 Å². The molecule has 0 bridgehead atoms. The van der Waals surface area contributed by atoms with Crippen LogP contribution in [0.3, 0.4) is 0 Å². The molecule has 2 aromatic carbocycles. The molecule has 0 saturated carbocycles. The standard InChI is InChI=1S/C25H28N2O3/c28-25-23(21-3-1-2-4-22(21)27-25)24-20-6-5-18(15-19(20)16-30-24)8-12-26-11-7-17-9-13-29-14-10-17/h1-6,15,17,26H,7-14,16H2,(H,27,28)/b24-23+. The van der Waals surface area contributed by atoms with Gasteiger partial charge in [-0.25, -0.2) is 0 Å². The third-order valence-corrected chi connectivity index (χ3v) is 6.35. The van der Waals surface area contributed by atoms with Gasteiger partial charge < -0.3 is 20.1 Å². The van der Waals surface area contributed by atoms with E-state index in [0.717, 1.165) is 61.0 Å². The number of ether oxygens (including phenoxy) is 2. The van der Waals surface area contributed by atoms with E-state index in [1.54, 1.807) is 0 Å². The smallest absolute Gasteiger partial charge is 0.260 e. The number of hydrogen-bond donors (Lipinski definition) is 2. The summed E-state index contributed by atoms with van der Waals surface area (Å²) in [4.78, 5) is 12.5. The molecular formula is C25H28N2O3. The molecule has 0 aromatic heterocycles. The Morgan fingerprint density at radius 2 is 1.90 bits per heavy atom. The van der Waals surface area contributed by atoms with Gasteiger partial charge in [0.2, 0.25) is 0 Å². The van der Waals surface area contributed by atoms with Gasteiger partial charge in [0.05, 0.1) is 5.57 Å². The topological polar surface area (TPSA) is 59.6 Å². The first-order valence-electron chi connectivity index (χ1n) is 11.0. The van der Waals surface area contributed by atoms with Crippen LogP contribution >= 0.6 is 0 Å². The van der Waals surface area contributed by atoms with Gasteiger partial charge in [-0.3, -0.25) is 4.79 Å². The van der Waals surface area contributed by atoms with Crippen LogP contribution in [-0.4, -0.2) is 32.2 Å². The maximum absolute atomic E-state index is 12.5. The van der Waals surface area contributed by atoms with E-state index in [-0.39, 0.29) is 5.91 Å². The molecule has 0 spiro atoms. The minimum atomic E-state index is -0.0862. The summed E-state index contributed by atoms with van der Waals surface area (Å²) in [6.07, 6.45) is 4.64. The summed E-state index contributed by atoms with van der Waals surface area (Å²) in [7, 11) is 0. The molecular weight excluding hydrogens is 376 g/mol. The van der Waals surface area contributed by atoms with Crippen LogP contribution in [0.1, 0.15) is 41.5 Å². The maximum Gasteiger partial charge on any atom is 0.260 e. The number of hydrogen-bond acceptors (Lipinski definition) is 4. The lowest BCUT2D eigenvalue weighted by Crippen LogP contribution is -2.23. The van der Waals surface area contributed by atoms with Crippen LogP contribution in [-0.2, 0) is 27.3 Å². The van der Waals surface area contributed by atoms with E-state index >= 15 is 0 Å². The Labute approximate surface area is 177 Å². The molecule has 3 heterocycles. The lowest BCUT2D eigenvalue weighted by Gasteiger charge is -2.21. The van der Waals surface area contributed by atoms with Crippen molar-refractivity contribution in [1.29, 1.82) is 0 Å². The summed E-state index contributed by atoms with van der Waals surface area (Å²) >= 11 is 0. The molecule has 0 aliphatic carbocycles. The Kier molecular flexibility index (Phi) is 5.56. The van der Waals surface area contributed by atoms with Gasteiger partial charge in [-0.15, -0.1) is 0 Å². The Balaban J connectivity index is 1.22. The van der Waals surface area contributed by atoms with Crippen molar-refractivity contribution in [1.82, 2.24) is 5.32 Å². The Hall–Kier alpha value is -2.63. The number of carbonyl (C=O) groups excluding carboxylic acids is 1. The number of para-hydroxylation sites is 1. The fourth-order valence-corrected chi connectivity index (χ4v) is 4.62. The number of amides is 1. The van der Waals surface area contributed by atoms with E-state index in [1.165, 1.54) is 24.8 Å². The van der Waals surface area contributed by atoms with Crippen molar-refractivity contribution in [3.63, 3.8) is 0 Å². The molecule has 1 fully saturated rings. The molecule has 0 unspecified atom stereocenters. The quantitative estimate of drug-likeness (QED) is 0.565. The third-order valence-electron chi connectivity index (χ3n) is 6.35. The zero-order valence-electron chi connectivity index (χ0n) is 17.2. The number of anilines is 1. The second-order valence-electron chi connectivity index (χ2n) is 8.33. The molecule has 1 saturated heterocycles. The summed E-state index contributed by atoms with van der Waals surface area (Å²) in [5.74, 6) is 1.43. The summed E-state index contributed by atoms with van der Waals surface area (Å²) in [6.45, 7) is 4.42. The van der Waals surface area contributed by atoms with E-state index in [1.807, 2.05) is 24.3 Å². The predicted molar refractivity (Wildman–Crippen MR) is 118 cm³/mol. The van der Waals surface area contributed by atoms with Gasteiger partial charge in [-0.2, -0.15) is 0 Å². The lowest BCUT2D eigenvalue weighted by molar-refractivity contribution is -0.110. The molecule has 5 rings (SSSR count). The van der Waals surface area contributed by atoms with Crippen LogP contribution in [0.4, 0.5) is 5.69 Å². The van der Waals surface area contributed by atoms with Gasteiger partial charge in [0.15, 0.2) is 0 Å². The zero-order valence-corrected chi connectivity index (χ0v) is 17.2. The molecule has 3 aliphatic heterocycles. The van der Waals surface area contributed by atoms with E-state index < -0.39 is 0 Å². The van der Waals surface area contributed by atoms with Crippen LogP contribution in [0.25, 0.3) is 11.3 Å². The summed E-state index contributed by atoms with van der Waals surface area (Å²) in [6, 6.07) is 14.3. The summed E-state index contributed by atoms with van der Waals surface area (Å²) < 4.78 is 11.4. The highest BCUT2D eigenvalue weighted by Gasteiger charge is 2.32. The van der Waals surface area contributed by atoms with Crippen LogP contribution in [0.15, 0.2) is 42.5 Å². The number of nitrogens with one attached hydrogen (secondary N) is 2. The number of benzene rings is 2. The van der Waals surface area contributed by atoms with Crippen LogP contribution in [0, 0.1) is 5.92 Å². The molecule has 2 aromatic rings. The molecule has 156 valence electrons. The van der Waals surface area contributed by atoms with Crippen molar-refractivity contribution >= 4 is 22.9 Å². The highest BCUT2D eigenvalue weighted by atomic mass is 16.5. The van der Waals surface area contributed by atoms with Crippen LogP contribution in [0.2, 0.25) is 0 Å². The van der Waals surface area contributed by atoms with Crippen LogP contribution in [0.5, 0.6) is 0 Å². The maximum atomic E-state index is 12.5. The number of rotatable bonds is 6. The largest absolute Gasteiger partial charge is 0.487 e. The Morgan fingerprint density at radius 1 is 1.03 bits per heavy atom. The van der Waals surface area contributed by atoms with E-state index in [0.29, 0.717) is 17.9 Å². The minimum Gasteiger partial charge on any atom is -0.487 e. The van der Waals surface area contributed by atoms with Gasteiger partial charge >= 0.3 is 0 Å². The number of carbonyl (C=O) groups is 1. The summed E-state index contributed by atoms with van der Waals surface area (Å²) in [5, 5.41) is 6.52. The first kappa shape index (κ1) is 19.3. The van der Waals surface area contributed by atoms with Crippen molar-refractivity contribution < 1.29 is 14.3 Å². The lowest BCUT2D eigenvalue weighted by atomic mass is 9.96. The zero-order chi connectivity index (χ0) is 20.3. The average molecular weight is 405 g/mol. The minimum absolute atomic E-state index is 0.0862. The van der Waals surface area contributed by atoms with Gasteiger partial charge in [-0.05, 0) is 56.3 Å². The van der Waals surface area contributed by atoms with Crippen molar-refractivity contribution in [3.8, 4) is 0 Å². The van der Waals surface area contributed by atoms with Gasteiger partial charge in [0.25, 0.3) is 5.91 Å². The van der Waals surface area contributed by atoms with Gasteiger partial charge in [0, 0.05) is 35.6 Å². The molecule has 30 heavy (non-hydrogen) atoms. The molecule has 5 nitrogen and oxygen atoms in total. The Bertz CT molecular complexity index is 976. The van der Waals surface area contributed by atoms with Crippen molar-refractivity contribution in [2.75, 3.05) is 31.6 Å². The van der Waals surface area contributed by atoms with E-state index in [9.17, 15) is 4.79 Å². The van der Waals surface area contributed by atoms with Gasteiger partial charge in [-0.1, -0.05) is 36.4 Å². The third kappa shape index (κ3) is 3.87.